The average Bonchev–Trinajstić information content (AvgIpc) is 3.15. The molecular formula is C48H98O3P+. The Bertz CT molecular complexity index is 713. The van der Waals surface area contributed by atoms with Gasteiger partial charge in [0.2, 0.25) is 0 Å². The summed E-state index contributed by atoms with van der Waals surface area (Å²) < 4.78 is 30.2. The van der Waals surface area contributed by atoms with Crippen LogP contribution in [0.1, 0.15) is 263 Å². The lowest BCUT2D eigenvalue weighted by atomic mass is 9.69. The van der Waals surface area contributed by atoms with Gasteiger partial charge in [-0.05, 0) is 74.0 Å². The standard InChI is InChI=1S/C48H98O3P/c1-13-25-31-41(19-7)37-47(45(23-11)35-29-17-5,38-42(20-8)32-26-14-2)50-52(49)51-48(46(24-12)36-30-18-6,39-43(21-9)33-27-15-3)40-44(22-10)34-28-16-4/h41-46H,13-40H2,1-12H3/q+1. The summed E-state index contributed by atoms with van der Waals surface area (Å²) in [6.45, 7) is 28.3. The maximum absolute atomic E-state index is 15.3. The quantitative estimate of drug-likeness (QED) is 0.0589. The van der Waals surface area contributed by atoms with Gasteiger partial charge in [-0.1, -0.05) is 224 Å². The summed E-state index contributed by atoms with van der Waals surface area (Å²) in [5.74, 6) is 3.18. The first-order valence-corrected chi connectivity index (χ1v) is 25.1. The number of hydrogen-bond donors (Lipinski definition) is 0. The Kier molecular flexibility index (Phi) is 32.2. The Morgan fingerprint density at radius 1 is 0.365 bits per heavy atom. The summed E-state index contributed by atoms with van der Waals surface area (Å²) >= 11 is 0. The van der Waals surface area contributed by atoms with Gasteiger partial charge in [-0.15, -0.1) is 9.05 Å². The molecular weight excluding hydrogens is 655 g/mol. The predicted molar refractivity (Wildman–Crippen MR) is 234 cm³/mol. The molecule has 0 aliphatic rings. The molecule has 0 rings (SSSR count). The number of unbranched alkanes of at least 4 members (excludes halogenated alkanes) is 6. The van der Waals surface area contributed by atoms with Crippen molar-refractivity contribution in [1.29, 1.82) is 0 Å². The van der Waals surface area contributed by atoms with E-state index in [9.17, 15) is 0 Å². The molecule has 52 heavy (non-hydrogen) atoms. The Morgan fingerprint density at radius 3 is 0.788 bits per heavy atom. The summed E-state index contributed by atoms with van der Waals surface area (Å²) in [5, 5.41) is 0. The fourth-order valence-corrected chi connectivity index (χ4v) is 11.0. The molecule has 0 bridgehead atoms. The lowest BCUT2D eigenvalue weighted by Gasteiger charge is -2.42. The summed E-state index contributed by atoms with van der Waals surface area (Å²) in [7, 11) is -2.31. The lowest BCUT2D eigenvalue weighted by molar-refractivity contribution is -0.0836. The molecule has 0 aromatic rings. The highest BCUT2D eigenvalue weighted by molar-refractivity contribution is 7.33. The molecule has 3 nitrogen and oxygen atoms in total. The van der Waals surface area contributed by atoms with Crippen molar-refractivity contribution in [3.8, 4) is 0 Å². The predicted octanol–water partition coefficient (Wildman–Crippen LogP) is 18.0. The van der Waals surface area contributed by atoms with Crippen LogP contribution in [0.25, 0.3) is 0 Å². The van der Waals surface area contributed by atoms with Crippen LogP contribution in [0.4, 0.5) is 0 Å². The largest absolute Gasteiger partial charge is 0.698 e. The second-order valence-corrected chi connectivity index (χ2v) is 18.3. The van der Waals surface area contributed by atoms with Crippen LogP contribution >= 0.6 is 8.25 Å². The van der Waals surface area contributed by atoms with E-state index in [2.05, 4.69) is 83.1 Å². The average molecular weight is 754 g/mol. The van der Waals surface area contributed by atoms with Crippen LogP contribution in [-0.4, -0.2) is 11.2 Å². The molecule has 0 fully saturated rings. The third-order valence-corrected chi connectivity index (χ3v) is 14.5. The monoisotopic (exact) mass is 754 g/mol. The van der Waals surface area contributed by atoms with Gasteiger partial charge in [0.1, 0.15) is 11.2 Å². The number of hydrogen-bond acceptors (Lipinski definition) is 3. The number of rotatable bonds is 38. The molecule has 0 amide bonds. The van der Waals surface area contributed by atoms with E-state index in [-0.39, 0.29) is 0 Å². The molecule has 0 N–H and O–H groups in total. The molecule has 312 valence electrons. The van der Waals surface area contributed by atoms with Crippen molar-refractivity contribution in [2.75, 3.05) is 0 Å². The van der Waals surface area contributed by atoms with Gasteiger partial charge in [0, 0.05) is 4.57 Å². The lowest BCUT2D eigenvalue weighted by Crippen LogP contribution is -2.45. The van der Waals surface area contributed by atoms with E-state index in [1.807, 2.05) is 0 Å². The minimum atomic E-state index is -2.31. The normalized spacial score (nSPS) is 18.3. The molecule has 0 aliphatic carbocycles. The molecule has 0 radical (unpaired) electrons. The zero-order valence-corrected chi connectivity index (χ0v) is 38.8. The molecule has 0 heterocycles. The first-order valence-electron chi connectivity index (χ1n) is 24.0. The molecule has 6 unspecified atom stereocenters. The van der Waals surface area contributed by atoms with Crippen LogP contribution in [0.15, 0.2) is 0 Å². The highest BCUT2D eigenvalue weighted by Crippen LogP contribution is 2.54. The van der Waals surface area contributed by atoms with Crippen LogP contribution in [-0.2, 0) is 13.6 Å². The molecule has 0 saturated carbocycles. The van der Waals surface area contributed by atoms with Crippen LogP contribution < -0.4 is 0 Å². The molecule has 0 aliphatic heterocycles. The van der Waals surface area contributed by atoms with Crippen molar-refractivity contribution < 1.29 is 13.6 Å². The van der Waals surface area contributed by atoms with Gasteiger partial charge in [0.15, 0.2) is 0 Å². The van der Waals surface area contributed by atoms with E-state index >= 15 is 4.57 Å². The van der Waals surface area contributed by atoms with Crippen LogP contribution in [0.3, 0.4) is 0 Å². The van der Waals surface area contributed by atoms with Crippen LogP contribution in [0.5, 0.6) is 0 Å². The minimum absolute atomic E-state index is 0.402. The third-order valence-electron chi connectivity index (χ3n) is 13.5. The Morgan fingerprint density at radius 2 is 0.596 bits per heavy atom. The molecule has 0 aromatic heterocycles. The van der Waals surface area contributed by atoms with Gasteiger partial charge >= 0.3 is 8.25 Å². The maximum atomic E-state index is 15.3. The van der Waals surface area contributed by atoms with Crippen LogP contribution in [0, 0.1) is 35.5 Å². The van der Waals surface area contributed by atoms with Gasteiger partial charge in [-0.25, -0.2) is 0 Å². The fourth-order valence-electron chi connectivity index (χ4n) is 9.75. The summed E-state index contributed by atoms with van der Waals surface area (Å²) in [6, 6.07) is 0. The van der Waals surface area contributed by atoms with E-state index in [0.29, 0.717) is 35.5 Å². The first-order chi connectivity index (χ1) is 25.1. The summed E-state index contributed by atoms with van der Waals surface area (Å²) in [5.41, 5.74) is -0.814. The SMILES string of the molecule is CCCCC(CC)CC(CC(CC)CCCC)(O[P+](=O)OC(CC(CC)CCCC)(CC(CC)CCCC)C(CC)CCCC)C(CC)CCCC. The highest BCUT2D eigenvalue weighted by Gasteiger charge is 2.54. The molecule has 6 atom stereocenters. The Balaban J connectivity index is 7.50. The minimum Gasteiger partial charge on any atom is -0.112 e. The summed E-state index contributed by atoms with van der Waals surface area (Å²) in [4.78, 5) is 0. The van der Waals surface area contributed by atoms with Crippen molar-refractivity contribution in [1.82, 2.24) is 0 Å². The van der Waals surface area contributed by atoms with Crippen molar-refractivity contribution >= 4 is 8.25 Å². The Hall–Kier alpha value is 0.0200. The van der Waals surface area contributed by atoms with Crippen molar-refractivity contribution in [3.05, 3.63) is 0 Å². The third kappa shape index (κ3) is 19.7. The van der Waals surface area contributed by atoms with E-state index in [0.717, 1.165) is 51.4 Å². The smallest absolute Gasteiger partial charge is 0.112 e. The zero-order chi connectivity index (χ0) is 39.3. The molecule has 0 aromatic carbocycles. The van der Waals surface area contributed by atoms with Gasteiger partial charge < -0.3 is 0 Å². The van der Waals surface area contributed by atoms with Crippen LogP contribution in [0.2, 0.25) is 0 Å². The van der Waals surface area contributed by atoms with Crippen molar-refractivity contribution in [3.63, 3.8) is 0 Å². The van der Waals surface area contributed by atoms with E-state index < -0.39 is 19.5 Å². The molecule has 0 saturated heterocycles. The zero-order valence-electron chi connectivity index (χ0n) is 37.9. The highest BCUT2D eigenvalue weighted by atomic mass is 31.1. The molecule has 0 spiro atoms. The van der Waals surface area contributed by atoms with Crippen molar-refractivity contribution in [2.45, 2.75) is 274 Å². The fraction of sp³-hybridized carbons (Fsp3) is 1.00. The molecule has 4 heteroatoms. The topological polar surface area (TPSA) is 35.5 Å². The summed E-state index contributed by atoms with van der Waals surface area (Å²) in [6.07, 6.45) is 33.1. The van der Waals surface area contributed by atoms with Gasteiger partial charge in [0.25, 0.3) is 0 Å². The second kappa shape index (κ2) is 32.1. The maximum Gasteiger partial charge on any atom is 0.698 e. The van der Waals surface area contributed by atoms with Gasteiger partial charge in [-0.2, -0.15) is 0 Å². The van der Waals surface area contributed by atoms with E-state index in [1.165, 1.54) is 128 Å². The van der Waals surface area contributed by atoms with Crippen molar-refractivity contribution in [2.24, 2.45) is 35.5 Å². The van der Waals surface area contributed by atoms with Gasteiger partial charge in [-0.3, -0.25) is 0 Å². The first kappa shape index (κ1) is 52.0. The second-order valence-electron chi connectivity index (χ2n) is 17.5. The van der Waals surface area contributed by atoms with E-state index in [1.54, 1.807) is 0 Å². The van der Waals surface area contributed by atoms with Gasteiger partial charge in [0.05, 0.1) is 0 Å². The van der Waals surface area contributed by atoms with E-state index in [4.69, 9.17) is 9.05 Å². The Labute approximate surface area is 330 Å².